The Labute approximate surface area is 173 Å². The van der Waals surface area contributed by atoms with Crippen molar-refractivity contribution in [1.82, 2.24) is 19.2 Å². The molecule has 0 aliphatic carbocycles. The standard InChI is InChI=1S/C20H17F2N5O2S/c1-2-10-26-18(29)12-6-3-4-9-15(12)27-19(26)24-25-20(27)30-11-16(28)23-17-13(21)7-5-8-14(17)22/h3-9H,2,10-11H2,1H3,(H,23,28). The Morgan fingerprint density at radius 2 is 1.83 bits per heavy atom. The Kier molecular flexibility index (Phi) is 5.49. The molecule has 0 unspecified atom stereocenters. The van der Waals surface area contributed by atoms with Crippen LogP contribution in [0.4, 0.5) is 14.5 Å². The first kappa shape index (κ1) is 20.0. The number of benzene rings is 2. The maximum absolute atomic E-state index is 13.7. The lowest BCUT2D eigenvalue weighted by Gasteiger charge is -2.10. The van der Waals surface area contributed by atoms with E-state index in [0.29, 0.717) is 28.4 Å². The predicted molar refractivity (Wildman–Crippen MR) is 111 cm³/mol. The molecule has 0 aliphatic heterocycles. The van der Waals surface area contributed by atoms with E-state index in [1.807, 2.05) is 6.92 Å². The van der Waals surface area contributed by atoms with Crippen LogP contribution in [-0.2, 0) is 11.3 Å². The Bertz CT molecular complexity index is 1300. The number of aromatic nitrogens is 4. The van der Waals surface area contributed by atoms with Crippen molar-refractivity contribution >= 4 is 40.0 Å². The highest BCUT2D eigenvalue weighted by Gasteiger charge is 2.18. The fourth-order valence-electron chi connectivity index (χ4n) is 3.18. The number of para-hydroxylation sites is 2. The van der Waals surface area contributed by atoms with E-state index in [-0.39, 0.29) is 11.3 Å². The maximum atomic E-state index is 13.7. The smallest absolute Gasteiger partial charge is 0.262 e. The zero-order valence-corrected chi connectivity index (χ0v) is 16.7. The first-order valence-corrected chi connectivity index (χ1v) is 10.2. The number of carbonyl (C=O) groups is 1. The van der Waals surface area contributed by atoms with E-state index in [0.717, 1.165) is 30.3 Å². The molecule has 154 valence electrons. The van der Waals surface area contributed by atoms with Gasteiger partial charge in [0.25, 0.3) is 5.56 Å². The number of fused-ring (bicyclic) bond motifs is 3. The van der Waals surface area contributed by atoms with Crippen molar-refractivity contribution in [2.24, 2.45) is 0 Å². The molecular formula is C20H17F2N5O2S. The lowest BCUT2D eigenvalue weighted by molar-refractivity contribution is -0.113. The minimum atomic E-state index is -0.851. The van der Waals surface area contributed by atoms with Crippen molar-refractivity contribution in [3.8, 4) is 0 Å². The van der Waals surface area contributed by atoms with Crippen LogP contribution in [0.3, 0.4) is 0 Å². The summed E-state index contributed by atoms with van der Waals surface area (Å²) in [7, 11) is 0. The van der Waals surface area contributed by atoms with Crippen molar-refractivity contribution in [3.63, 3.8) is 0 Å². The third-order valence-electron chi connectivity index (χ3n) is 4.48. The number of aryl methyl sites for hydroxylation is 1. The van der Waals surface area contributed by atoms with Crippen molar-refractivity contribution < 1.29 is 13.6 Å². The molecule has 0 aliphatic rings. The number of amides is 1. The second-order valence-corrected chi connectivity index (χ2v) is 7.47. The van der Waals surface area contributed by atoms with Crippen molar-refractivity contribution in [2.45, 2.75) is 25.0 Å². The van der Waals surface area contributed by atoms with Crippen molar-refractivity contribution in [3.05, 3.63) is 64.5 Å². The molecule has 30 heavy (non-hydrogen) atoms. The number of hydrogen-bond donors (Lipinski definition) is 1. The van der Waals surface area contributed by atoms with Crippen LogP contribution in [0.5, 0.6) is 0 Å². The van der Waals surface area contributed by atoms with E-state index in [1.165, 1.54) is 6.07 Å². The van der Waals surface area contributed by atoms with Gasteiger partial charge in [-0.25, -0.2) is 8.78 Å². The molecule has 1 N–H and O–H groups in total. The summed E-state index contributed by atoms with van der Waals surface area (Å²) in [5.41, 5.74) is -0.0222. The van der Waals surface area contributed by atoms with E-state index in [4.69, 9.17) is 0 Å². The van der Waals surface area contributed by atoms with Crippen LogP contribution < -0.4 is 10.9 Å². The van der Waals surface area contributed by atoms with Crippen LogP contribution in [0.2, 0.25) is 0 Å². The van der Waals surface area contributed by atoms with Gasteiger partial charge in [-0.05, 0) is 30.7 Å². The molecule has 0 atom stereocenters. The fraction of sp³-hybridized carbons (Fsp3) is 0.200. The number of thioether (sulfide) groups is 1. The number of rotatable bonds is 6. The second-order valence-electron chi connectivity index (χ2n) is 6.53. The van der Waals surface area contributed by atoms with Crippen molar-refractivity contribution in [2.75, 3.05) is 11.1 Å². The largest absolute Gasteiger partial charge is 0.320 e. The van der Waals surface area contributed by atoms with Gasteiger partial charge >= 0.3 is 0 Å². The first-order valence-electron chi connectivity index (χ1n) is 9.24. The molecular weight excluding hydrogens is 412 g/mol. The molecule has 4 rings (SSSR count). The summed E-state index contributed by atoms with van der Waals surface area (Å²) < 4.78 is 30.7. The molecule has 0 spiro atoms. The van der Waals surface area contributed by atoms with E-state index in [9.17, 15) is 18.4 Å². The molecule has 0 saturated carbocycles. The summed E-state index contributed by atoms with van der Waals surface area (Å²) in [4.78, 5) is 25.1. The highest BCUT2D eigenvalue weighted by atomic mass is 32.2. The second kappa shape index (κ2) is 8.23. The zero-order valence-electron chi connectivity index (χ0n) is 15.9. The molecule has 0 saturated heterocycles. The van der Waals surface area contributed by atoms with Gasteiger partial charge < -0.3 is 5.32 Å². The summed E-state index contributed by atoms with van der Waals surface area (Å²) in [6, 6.07) is 10.4. The van der Waals surface area contributed by atoms with Gasteiger partial charge in [-0.3, -0.25) is 18.6 Å². The van der Waals surface area contributed by atoms with E-state index in [1.54, 1.807) is 33.2 Å². The summed E-state index contributed by atoms with van der Waals surface area (Å²) in [5, 5.41) is 11.4. The summed E-state index contributed by atoms with van der Waals surface area (Å²) in [6.07, 6.45) is 0.736. The zero-order chi connectivity index (χ0) is 21.3. The van der Waals surface area contributed by atoms with Gasteiger partial charge in [0.2, 0.25) is 11.7 Å². The van der Waals surface area contributed by atoms with Gasteiger partial charge in [-0.1, -0.05) is 36.9 Å². The predicted octanol–water partition coefficient (Wildman–Crippen LogP) is 3.46. The minimum absolute atomic E-state index is 0.143. The van der Waals surface area contributed by atoms with Crippen LogP contribution in [0, 0.1) is 11.6 Å². The first-order chi connectivity index (χ1) is 14.5. The number of carbonyl (C=O) groups excluding carboxylic acids is 1. The van der Waals surface area contributed by atoms with Gasteiger partial charge in [0.05, 0.1) is 16.7 Å². The maximum Gasteiger partial charge on any atom is 0.262 e. The van der Waals surface area contributed by atoms with E-state index < -0.39 is 23.2 Å². The lowest BCUT2D eigenvalue weighted by atomic mass is 10.2. The molecule has 0 fully saturated rings. The molecule has 2 heterocycles. The highest BCUT2D eigenvalue weighted by molar-refractivity contribution is 7.99. The minimum Gasteiger partial charge on any atom is -0.320 e. The van der Waals surface area contributed by atoms with Gasteiger partial charge in [-0.15, -0.1) is 10.2 Å². The Morgan fingerprint density at radius 1 is 1.10 bits per heavy atom. The van der Waals surface area contributed by atoms with Gasteiger partial charge in [0, 0.05) is 6.54 Å². The molecule has 10 heteroatoms. The lowest BCUT2D eigenvalue weighted by Crippen LogP contribution is -2.23. The Hall–Kier alpha value is -3.27. The molecule has 0 bridgehead atoms. The average Bonchev–Trinajstić information content (AvgIpc) is 3.16. The third kappa shape index (κ3) is 3.54. The molecule has 7 nitrogen and oxygen atoms in total. The van der Waals surface area contributed by atoms with Crippen LogP contribution in [0.1, 0.15) is 13.3 Å². The molecule has 0 radical (unpaired) electrons. The monoisotopic (exact) mass is 429 g/mol. The summed E-state index contributed by atoms with van der Waals surface area (Å²) >= 11 is 1.06. The number of hydrogen-bond acceptors (Lipinski definition) is 5. The SMILES string of the molecule is CCCn1c(=O)c2ccccc2n2c(SCC(=O)Nc3c(F)cccc3F)nnc12. The molecule has 2 aromatic carbocycles. The molecule has 4 aromatic rings. The molecule has 1 amide bonds. The molecule has 2 aromatic heterocycles. The number of nitrogens with one attached hydrogen (secondary N) is 1. The van der Waals surface area contributed by atoms with E-state index in [2.05, 4.69) is 15.5 Å². The average molecular weight is 429 g/mol. The third-order valence-corrected chi connectivity index (χ3v) is 5.41. The number of halogens is 2. The highest BCUT2D eigenvalue weighted by Crippen LogP contribution is 2.23. The quantitative estimate of drug-likeness (QED) is 0.475. The Morgan fingerprint density at radius 3 is 2.57 bits per heavy atom. The van der Waals surface area contributed by atoms with Crippen molar-refractivity contribution in [1.29, 1.82) is 0 Å². The van der Waals surface area contributed by atoms with Crippen LogP contribution in [0.15, 0.2) is 52.4 Å². The Balaban J connectivity index is 1.67. The fourth-order valence-corrected chi connectivity index (χ4v) is 3.92. The van der Waals surface area contributed by atoms with Crippen LogP contribution in [-0.4, -0.2) is 30.8 Å². The van der Waals surface area contributed by atoms with Gasteiger partial charge in [0.15, 0.2) is 5.16 Å². The van der Waals surface area contributed by atoms with Crippen LogP contribution >= 0.6 is 11.8 Å². The summed E-state index contributed by atoms with van der Waals surface area (Å²) in [5.74, 6) is -2.06. The van der Waals surface area contributed by atoms with Crippen LogP contribution in [0.25, 0.3) is 16.7 Å². The summed E-state index contributed by atoms with van der Waals surface area (Å²) in [6.45, 7) is 2.43. The normalized spacial score (nSPS) is 11.3. The number of nitrogens with zero attached hydrogens (tertiary/aromatic N) is 4. The van der Waals surface area contributed by atoms with E-state index >= 15 is 0 Å². The number of anilines is 1. The topological polar surface area (TPSA) is 81.3 Å². The van der Waals surface area contributed by atoms with Gasteiger partial charge in [0.1, 0.15) is 17.3 Å². The van der Waals surface area contributed by atoms with Gasteiger partial charge in [-0.2, -0.15) is 0 Å².